The maximum absolute atomic E-state index is 12.4. The number of carbonyl (C=O) groups is 3. The van der Waals surface area contributed by atoms with Gasteiger partial charge < -0.3 is 19.3 Å². The van der Waals surface area contributed by atoms with Gasteiger partial charge in [0.2, 0.25) is 0 Å². The molecule has 0 radical (unpaired) electrons. The van der Waals surface area contributed by atoms with Crippen molar-refractivity contribution in [3.05, 3.63) is 0 Å². The zero-order valence-corrected chi connectivity index (χ0v) is 16.3. The van der Waals surface area contributed by atoms with Crippen molar-refractivity contribution in [2.24, 2.45) is 11.8 Å². The topological polar surface area (TPSA) is 99.1 Å². The van der Waals surface area contributed by atoms with Crippen LogP contribution in [0, 0.1) is 11.8 Å². The average Bonchev–Trinajstić information content (AvgIpc) is 2.64. The molecule has 0 heterocycles. The van der Waals surface area contributed by atoms with Crippen molar-refractivity contribution in [2.45, 2.75) is 65.7 Å². The molecule has 0 saturated heterocycles. The summed E-state index contributed by atoms with van der Waals surface area (Å²) >= 11 is 0. The van der Waals surface area contributed by atoms with Gasteiger partial charge in [-0.25, -0.2) is 0 Å². The predicted octanol–water partition coefficient (Wildman–Crippen LogP) is 2.63. The van der Waals surface area contributed by atoms with E-state index in [0.29, 0.717) is 6.61 Å². The molecule has 0 aromatic heterocycles. The lowest BCUT2D eigenvalue weighted by Gasteiger charge is -2.21. The maximum Gasteiger partial charge on any atom is 0.310 e. The monoisotopic (exact) mass is 374 g/mol. The molecule has 0 aromatic carbocycles. The first-order valence-corrected chi connectivity index (χ1v) is 9.57. The van der Waals surface area contributed by atoms with E-state index in [-0.39, 0.29) is 26.2 Å². The Balaban J connectivity index is 4.73. The maximum atomic E-state index is 12.4. The first-order chi connectivity index (χ1) is 12.5. The van der Waals surface area contributed by atoms with Crippen molar-refractivity contribution in [1.82, 2.24) is 0 Å². The van der Waals surface area contributed by atoms with Crippen LogP contribution in [0.5, 0.6) is 0 Å². The Labute approximate surface area is 156 Å². The number of aliphatic hydroxyl groups is 1. The number of aliphatic hydroxyl groups excluding tert-OH is 1. The molecule has 26 heavy (non-hydrogen) atoms. The molecule has 0 aliphatic rings. The van der Waals surface area contributed by atoms with E-state index >= 15 is 0 Å². The molecule has 2 atom stereocenters. The minimum Gasteiger partial charge on any atom is -0.465 e. The number of rotatable bonds is 15. The van der Waals surface area contributed by atoms with Gasteiger partial charge in [0.25, 0.3) is 0 Å². The van der Waals surface area contributed by atoms with Crippen LogP contribution in [0.15, 0.2) is 0 Å². The lowest BCUT2D eigenvalue weighted by Crippen LogP contribution is -2.33. The van der Waals surface area contributed by atoms with Crippen LogP contribution in [-0.4, -0.2) is 49.4 Å². The molecular weight excluding hydrogens is 340 g/mol. The van der Waals surface area contributed by atoms with E-state index in [9.17, 15) is 14.4 Å². The SMILES string of the molecule is CCCCCOC(=O)C(C)C(CC(=O)OCCO)C(=O)OCCCCC. The van der Waals surface area contributed by atoms with Crippen LogP contribution in [0.1, 0.15) is 65.7 Å². The quantitative estimate of drug-likeness (QED) is 0.267. The molecule has 2 unspecified atom stereocenters. The fraction of sp³-hybridized carbons (Fsp3) is 0.842. The molecule has 0 aromatic rings. The number of unbranched alkanes of at least 4 members (excludes halogenated alkanes) is 4. The second kappa shape index (κ2) is 15.6. The summed E-state index contributed by atoms with van der Waals surface area (Å²) in [7, 11) is 0. The van der Waals surface area contributed by atoms with Crippen LogP contribution in [0.4, 0.5) is 0 Å². The van der Waals surface area contributed by atoms with Crippen molar-refractivity contribution in [3.8, 4) is 0 Å². The summed E-state index contributed by atoms with van der Waals surface area (Å²) < 4.78 is 15.2. The molecule has 0 bridgehead atoms. The lowest BCUT2D eigenvalue weighted by molar-refractivity contribution is -0.164. The largest absolute Gasteiger partial charge is 0.465 e. The van der Waals surface area contributed by atoms with Gasteiger partial charge >= 0.3 is 17.9 Å². The van der Waals surface area contributed by atoms with Crippen LogP contribution < -0.4 is 0 Å². The van der Waals surface area contributed by atoms with Gasteiger partial charge in [0.15, 0.2) is 0 Å². The molecule has 7 heteroatoms. The first kappa shape index (κ1) is 24.4. The Morgan fingerprint density at radius 1 is 0.808 bits per heavy atom. The summed E-state index contributed by atoms with van der Waals surface area (Å²) in [5.74, 6) is -3.54. The van der Waals surface area contributed by atoms with Gasteiger partial charge in [-0.05, 0) is 12.8 Å². The van der Waals surface area contributed by atoms with E-state index in [1.165, 1.54) is 0 Å². The third-order valence-corrected chi connectivity index (χ3v) is 4.00. The Morgan fingerprint density at radius 3 is 1.85 bits per heavy atom. The highest BCUT2D eigenvalue weighted by atomic mass is 16.5. The highest BCUT2D eigenvalue weighted by molar-refractivity contribution is 5.85. The Bertz CT molecular complexity index is 409. The van der Waals surface area contributed by atoms with Gasteiger partial charge in [-0.3, -0.25) is 14.4 Å². The molecule has 152 valence electrons. The molecule has 7 nitrogen and oxygen atoms in total. The van der Waals surface area contributed by atoms with E-state index in [2.05, 4.69) is 0 Å². The van der Waals surface area contributed by atoms with Gasteiger partial charge in [-0.2, -0.15) is 0 Å². The predicted molar refractivity (Wildman–Crippen MR) is 96.3 cm³/mol. The first-order valence-electron chi connectivity index (χ1n) is 9.57. The van der Waals surface area contributed by atoms with Crippen molar-refractivity contribution in [2.75, 3.05) is 26.4 Å². The van der Waals surface area contributed by atoms with Crippen molar-refractivity contribution in [1.29, 1.82) is 0 Å². The minimum absolute atomic E-state index is 0.146. The van der Waals surface area contributed by atoms with Gasteiger partial charge in [-0.1, -0.05) is 46.5 Å². The summed E-state index contributed by atoms with van der Waals surface area (Å²) in [6.07, 6.45) is 5.12. The van der Waals surface area contributed by atoms with Crippen molar-refractivity contribution < 1.29 is 33.7 Å². The minimum atomic E-state index is -0.957. The Kier molecular flexibility index (Phi) is 14.6. The van der Waals surface area contributed by atoms with Crippen LogP contribution in [0.3, 0.4) is 0 Å². The highest BCUT2D eigenvalue weighted by Crippen LogP contribution is 2.21. The van der Waals surface area contributed by atoms with Crippen LogP contribution in [0.25, 0.3) is 0 Å². The van der Waals surface area contributed by atoms with E-state index in [0.717, 1.165) is 38.5 Å². The van der Waals surface area contributed by atoms with E-state index in [1.807, 2.05) is 13.8 Å². The highest BCUT2D eigenvalue weighted by Gasteiger charge is 2.35. The van der Waals surface area contributed by atoms with Gasteiger partial charge in [0, 0.05) is 0 Å². The van der Waals surface area contributed by atoms with E-state index < -0.39 is 29.7 Å². The Morgan fingerprint density at radius 2 is 1.35 bits per heavy atom. The molecule has 0 fully saturated rings. The molecule has 0 spiro atoms. The van der Waals surface area contributed by atoms with Crippen LogP contribution in [-0.2, 0) is 28.6 Å². The Hall–Kier alpha value is -1.63. The molecule has 0 rings (SSSR count). The summed E-state index contributed by atoms with van der Waals surface area (Å²) in [5.41, 5.74) is 0. The standard InChI is InChI=1S/C19H34O7/c1-4-6-8-11-25-18(22)15(3)16(14-17(21)24-13-10-20)19(23)26-12-9-7-5-2/h15-16,20H,4-14H2,1-3H3. The molecule has 0 saturated carbocycles. The zero-order chi connectivity index (χ0) is 19.8. The summed E-state index contributed by atoms with van der Waals surface area (Å²) in [4.78, 5) is 36.4. The fourth-order valence-corrected chi connectivity index (χ4v) is 2.31. The number of hydrogen-bond donors (Lipinski definition) is 1. The molecule has 0 aliphatic heterocycles. The summed E-state index contributed by atoms with van der Waals surface area (Å²) in [6.45, 7) is 5.75. The molecule has 1 N–H and O–H groups in total. The molecule has 0 aliphatic carbocycles. The van der Waals surface area contributed by atoms with Crippen molar-refractivity contribution >= 4 is 17.9 Å². The van der Waals surface area contributed by atoms with E-state index in [1.54, 1.807) is 6.92 Å². The fourth-order valence-electron chi connectivity index (χ4n) is 2.31. The third kappa shape index (κ3) is 11.1. The third-order valence-electron chi connectivity index (χ3n) is 4.00. The van der Waals surface area contributed by atoms with Gasteiger partial charge in [0.1, 0.15) is 6.61 Å². The summed E-state index contributed by atoms with van der Waals surface area (Å²) in [5, 5.41) is 8.72. The smallest absolute Gasteiger partial charge is 0.310 e. The van der Waals surface area contributed by atoms with Crippen LogP contribution in [0.2, 0.25) is 0 Å². The van der Waals surface area contributed by atoms with Gasteiger partial charge in [0.05, 0.1) is 38.1 Å². The molecule has 0 amide bonds. The summed E-state index contributed by atoms with van der Waals surface area (Å²) in [6, 6.07) is 0. The number of esters is 3. The number of hydrogen-bond acceptors (Lipinski definition) is 7. The second-order valence-electron chi connectivity index (χ2n) is 6.29. The molecular formula is C19H34O7. The average molecular weight is 374 g/mol. The van der Waals surface area contributed by atoms with E-state index in [4.69, 9.17) is 19.3 Å². The van der Waals surface area contributed by atoms with Crippen molar-refractivity contribution in [3.63, 3.8) is 0 Å². The second-order valence-corrected chi connectivity index (χ2v) is 6.29. The number of ether oxygens (including phenoxy) is 3. The number of carbonyl (C=O) groups excluding carboxylic acids is 3. The van der Waals surface area contributed by atoms with Crippen LogP contribution >= 0.6 is 0 Å². The zero-order valence-electron chi connectivity index (χ0n) is 16.3. The lowest BCUT2D eigenvalue weighted by atomic mass is 9.91. The normalized spacial score (nSPS) is 12.9. The van der Waals surface area contributed by atoms with Gasteiger partial charge in [-0.15, -0.1) is 0 Å².